The second kappa shape index (κ2) is 6.57. The summed E-state index contributed by atoms with van der Waals surface area (Å²) in [5.41, 5.74) is 2.44. The summed E-state index contributed by atoms with van der Waals surface area (Å²) in [6, 6.07) is 8.82. The Kier molecular flexibility index (Phi) is 4.79. The van der Waals surface area contributed by atoms with Crippen LogP contribution < -0.4 is 10.1 Å². The van der Waals surface area contributed by atoms with Crippen molar-refractivity contribution in [1.29, 1.82) is 0 Å². The number of para-hydroxylation sites is 1. The molecule has 2 rings (SSSR count). The summed E-state index contributed by atoms with van der Waals surface area (Å²) >= 11 is 0. The fourth-order valence-electron chi connectivity index (χ4n) is 2.45. The lowest BCUT2D eigenvalue weighted by molar-refractivity contribution is 0.403. The number of hydrogen-bond donors (Lipinski definition) is 1. The second-order valence-corrected chi connectivity index (χ2v) is 5.25. The standard InChI is InChI=1S/C16H23N3O/c1-12(9-14-7-5-6-8-16(14)20-4)18-13(2)15-10-17-19(3)11-15/h5-8,10-13,18H,9H2,1-4H3. The van der Waals surface area contributed by atoms with E-state index in [1.165, 1.54) is 11.1 Å². The van der Waals surface area contributed by atoms with Gasteiger partial charge in [-0.3, -0.25) is 4.68 Å². The molecule has 0 saturated heterocycles. The molecule has 2 aromatic rings. The van der Waals surface area contributed by atoms with Crippen molar-refractivity contribution >= 4 is 0 Å². The van der Waals surface area contributed by atoms with Gasteiger partial charge < -0.3 is 10.1 Å². The zero-order valence-corrected chi connectivity index (χ0v) is 12.6. The topological polar surface area (TPSA) is 39.1 Å². The summed E-state index contributed by atoms with van der Waals surface area (Å²) in [6.07, 6.45) is 4.90. The third kappa shape index (κ3) is 3.61. The van der Waals surface area contributed by atoms with E-state index in [1.54, 1.807) is 7.11 Å². The number of methoxy groups -OCH3 is 1. The minimum atomic E-state index is 0.286. The van der Waals surface area contributed by atoms with E-state index in [0.29, 0.717) is 6.04 Å². The minimum Gasteiger partial charge on any atom is -0.496 e. The number of rotatable bonds is 6. The highest BCUT2D eigenvalue weighted by molar-refractivity contribution is 5.33. The predicted octanol–water partition coefficient (Wildman–Crippen LogP) is 2.71. The normalized spacial score (nSPS) is 14.0. The van der Waals surface area contributed by atoms with Crippen molar-refractivity contribution in [1.82, 2.24) is 15.1 Å². The van der Waals surface area contributed by atoms with E-state index < -0.39 is 0 Å². The molecule has 0 aliphatic heterocycles. The Morgan fingerprint density at radius 1 is 1.30 bits per heavy atom. The van der Waals surface area contributed by atoms with Crippen LogP contribution in [0.4, 0.5) is 0 Å². The van der Waals surface area contributed by atoms with Crippen LogP contribution >= 0.6 is 0 Å². The highest BCUT2D eigenvalue weighted by Crippen LogP contribution is 2.20. The first-order valence-corrected chi connectivity index (χ1v) is 6.96. The molecule has 2 atom stereocenters. The molecule has 1 aromatic carbocycles. The Labute approximate surface area is 120 Å². The Balaban J connectivity index is 1.96. The van der Waals surface area contributed by atoms with Gasteiger partial charge in [-0.1, -0.05) is 18.2 Å². The first-order chi connectivity index (χ1) is 9.60. The smallest absolute Gasteiger partial charge is 0.122 e. The van der Waals surface area contributed by atoms with Gasteiger partial charge in [-0.2, -0.15) is 5.10 Å². The highest BCUT2D eigenvalue weighted by atomic mass is 16.5. The van der Waals surface area contributed by atoms with Gasteiger partial charge in [-0.15, -0.1) is 0 Å². The largest absolute Gasteiger partial charge is 0.496 e. The van der Waals surface area contributed by atoms with Crippen molar-refractivity contribution < 1.29 is 4.74 Å². The first kappa shape index (κ1) is 14.6. The van der Waals surface area contributed by atoms with Crippen LogP contribution in [0, 0.1) is 0 Å². The van der Waals surface area contributed by atoms with Crippen molar-refractivity contribution in [3.63, 3.8) is 0 Å². The molecule has 4 nitrogen and oxygen atoms in total. The van der Waals surface area contributed by atoms with Crippen LogP contribution in [-0.2, 0) is 13.5 Å². The van der Waals surface area contributed by atoms with E-state index in [-0.39, 0.29) is 6.04 Å². The molecule has 0 bridgehead atoms. The highest BCUT2D eigenvalue weighted by Gasteiger charge is 2.13. The monoisotopic (exact) mass is 273 g/mol. The number of benzene rings is 1. The van der Waals surface area contributed by atoms with Crippen LogP contribution in [0.15, 0.2) is 36.7 Å². The molecule has 0 aliphatic rings. The van der Waals surface area contributed by atoms with Crippen molar-refractivity contribution in [2.45, 2.75) is 32.4 Å². The van der Waals surface area contributed by atoms with Gasteiger partial charge in [0, 0.05) is 30.9 Å². The van der Waals surface area contributed by atoms with E-state index in [1.807, 2.05) is 36.3 Å². The number of aryl methyl sites for hydroxylation is 1. The van der Waals surface area contributed by atoms with Gasteiger partial charge in [0.25, 0.3) is 0 Å². The minimum absolute atomic E-state index is 0.286. The molecule has 1 aromatic heterocycles. The summed E-state index contributed by atoms with van der Waals surface area (Å²) in [4.78, 5) is 0. The molecular formula is C16H23N3O. The maximum absolute atomic E-state index is 5.40. The Morgan fingerprint density at radius 2 is 2.05 bits per heavy atom. The van der Waals surface area contributed by atoms with Gasteiger partial charge in [0.05, 0.1) is 13.3 Å². The molecule has 20 heavy (non-hydrogen) atoms. The van der Waals surface area contributed by atoms with Crippen molar-refractivity contribution in [2.75, 3.05) is 7.11 Å². The van der Waals surface area contributed by atoms with Gasteiger partial charge in [-0.25, -0.2) is 0 Å². The molecule has 4 heteroatoms. The van der Waals surface area contributed by atoms with E-state index in [0.717, 1.165) is 12.2 Å². The Morgan fingerprint density at radius 3 is 2.70 bits per heavy atom. The third-order valence-electron chi connectivity index (χ3n) is 3.48. The average molecular weight is 273 g/mol. The number of hydrogen-bond acceptors (Lipinski definition) is 3. The zero-order valence-electron chi connectivity index (χ0n) is 12.6. The van der Waals surface area contributed by atoms with Crippen molar-refractivity contribution in [3.8, 4) is 5.75 Å². The third-order valence-corrected chi connectivity index (χ3v) is 3.48. The zero-order chi connectivity index (χ0) is 14.5. The average Bonchev–Trinajstić information content (AvgIpc) is 2.86. The molecule has 0 aliphatic carbocycles. The number of nitrogens with one attached hydrogen (secondary N) is 1. The second-order valence-electron chi connectivity index (χ2n) is 5.25. The fourth-order valence-corrected chi connectivity index (χ4v) is 2.45. The SMILES string of the molecule is COc1ccccc1CC(C)NC(C)c1cnn(C)c1. The van der Waals surface area contributed by atoms with Gasteiger partial charge in [0.15, 0.2) is 0 Å². The Bertz CT molecular complexity index is 550. The van der Waals surface area contributed by atoms with E-state index in [9.17, 15) is 0 Å². The summed E-state index contributed by atoms with van der Waals surface area (Å²) in [6.45, 7) is 4.36. The number of aromatic nitrogens is 2. The van der Waals surface area contributed by atoms with Crippen molar-refractivity contribution in [3.05, 3.63) is 47.8 Å². The fraction of sp³-hybridized carbons (Fsp3) is 0.438. The number of ether oxygens (including phenoxy) is 1. The summed E-state index contributed by atoms with van der Waals surface area (Å²) in [5.74, 6) is 0.954. The van der Waals surface area contributed by atoms with Crippen LogP contribution in [0.3, 0.4) is 0 Å². The van der Waals surface area contributed by atoms with Gasteiger partial charge in [-0.05, 0) is 31.9 Å². The molecule has 0 amide bonds. The first-order valence-electron chi connectivity index (χ1n) is 6.96. The van der Waals surface area contributed by atoms with Gasteiger partial charge in [0.2, 0.25) is 0 Å². The molecule has 1 N–H and O–H groups in total. The molecule has 108 valence electrons. The molecule has 0 fully saturated rings. The van der Waals surface area contributed by atoms with Crippen LogP contribution in [0.25, 0.3) is 0 Å². The molecule has 0 radical (unpaired) electrons. The Hall–Kier alpha value is -1.81. The van der Waals surface area contributed by atoms with Crippen LogP contribution in [-0.4, -0.2) is 22.9 Å². The lowest BCUT2D eigenvalue weighted by atomic mass is 10.0. The van der Waals surface area contributed by atoms with E-state index in [2.05, 4.69) is 36.4 Å². The molecule has 1 heterocycles. The van der Waals surface area contributed by atoms with Gasteiger partial charge in [0.1, 0.15) is 5.75 Å². The van der Waals surface area contributed by atoms with E-state index in [4.69, 9.17) is 4.74 Å². The summed E-state index contributed by atoms with van der Waals surface area (Å²) in [5, 5.41) is 7.81. The molecular weight excluding hydrogens is 250 g/mol. The van der Waals surface area contributed by atoms with E-state index >= 15 is 0 Å². The quantitative estimate of drug-likeness (QED) is 0.879. The maximum Gasteiger partial charge on any atom is 0.122 e. The van der Waals surface area contributed by atoms with Crippen molar-refractivity contribution in [2.24, 2.45) is 7.05 Å². The van der Waals surface area contributed by atoms with Crippen LogP contribution in [0.1, 0.15) is 31.0 Å². The molecule has 0 spiro atoms. The lowest BCUT2D eigenvalue weighted by Gasteiger charge is -2.20. The molecule has 2 unspecified atom stereocenters. The summed E-state index contributed by atoms with van der Waals surface area (Å²) in [7, 11) is 3.66. The maximum atomic E-state index is 5.40. The lowest BCUT2D eigenvalue weighted by Crippen LogP contribution is -2.30. The molecule has 0 saturated carbocycles. The summed E-state index contributed by atoms with van der Waals surface area (Å²) < 4.78 is 7.23. The predicted molar refractivity (Wildman–Crippen MR) is 80.9 cm³/mol. The number of nitrogens with zero attached hydrogens (tertiary/aromatic N) is 2. The van der Waals surface area contributed by atoms with Gasteiger partial charge >= 0.3 is 0 Å². The van der Waals surface area contributed by atoms with Crippen LogP contribution in [0.5, 0.6) is 5.75 Å². The van der Waals surface area contributed by atoms with Crippen LogP contribution in [0.2, 0.25) is 0 Å².